The second-order valence-corrected chi connectivity index (χ2v) is 4.38. The van der Waals surface area contributed by atoms with Crippen LogP contribution < -0.4 is 5.32 Å². The van der Waals surface area contributed by atoms with Gasteiger partial charge in [0.05, 0.1) is 6.61 Å². The predicted octanol–water partition coefficient (Wildman–Crippen LogP) is 0.351. The molecule has 5 heteroatoms. The topological polar surface area (TPSA) is 86.6 Å². The summed E-state index contributed by atoms with van der Waals surface area (Å²) >= 11 is 0. The van der Waals surface area contributed by atoms with Crippen molar-refractivity contribution in [3.05, 3.63) is 34.9 Å². The van der Waals surface area contributed by atoms with Crippen LogP contribution in [-0.4, -0.2) is 34.7 Å². The van der Waals surface area contributed by atoms with Gasteiger partial charge in [-0.2, -0.15) is 0 Å². The molecular formula is C13H15NO4. The van der Waals surface area contributed by atoms with Crippen LogP contribution in [0.15, 0.2) is 18.2 Å². The van der Waals surface area contributed by atoms with Gasteiger partial charge in [-0.3, -0.25) is 4.79 Å². The van der Waals surface area contributed by atoms with E-state index < -0.39 is 24.5 Å². The molecule has 0 saturated carbocycles. The molecule has 0 aromatic heterocycles. The summed E-state index contributed by atoms with van der Waals surface area (Å²) in [5, 5.41) is 19.9. The number of rotatable bonds is 4. The van der Waals surface area contributed by atoms with E-state index >= 15 is 0 Å². The fourth-order valence-corrected chi connectivity index (χ4v) is 2.14. The van der Waals surface area contributed by atoms with E-state index in [0.29, 0.717) is 5.56 Å². The van der Waals surface area contributed by atoms with Crippen LogP contribution in [0.25, 0.3) is 0 Å². The molecule has 1 aliphatic carbocycles. The molecule has 0 heterocycles. The third-order valence-electron chi connectivity index (χ3n) is 3.15. The zero-order valence-corrected chi connectivity index (χ0v) is 9.85. The van der Waals surface area contributed by atoms with Gasteiger partial charge in [-0.15, -0.1) is 0 Å². The van der Waals surface area contributed by atoms with Crippen molar-refractivity contribution in [1.29, 1.82) is 0 Å². The highest BCUT2D eigenvalue weighted by Gasteiger charge is 2.20. The van der Waals surface area contributed by atoms with E-state index in [9.17, 15) is 9.59 Å². The van der Waals surface area contributed by atoms with Crippen molar-refractivity contribution in [2.45, 2.75) is 25.3 Å². The average molecular weight is 249 g/mol. The number of carboxylic acid groups (broad SMARTS) is 1. The molecule has 1 amide bonds. The molecule has 1 aromatic carbocycles. The van der Waals surface area contributed by atoms with Crippen LogP contribution in [0.1, 0.15) is 27.9 Å². The summed E-state index contributed by atoms with van der Waals surface area (Å²) < 4.78 is 0. The van der Waals surface area contributed by atoms with E-state index in [1.165, 1.54) is 5.56 Å². The monoisotopic (exact) mass is 249 g/mol. The molecule has 0 radical (unpaired) electrons. The Bertz CT molecular complexity index is 484. The lowest BCUT2D eigenvalue weighted by Crippen LogP contribution is -2.43. The first-order chi connectivity index (χ1) is 8.61. The Labute approximate surface area is 104 Å². The van der Waals surface area contributed by atoms with Crippen molar-refractivity contribution >= 4 is 11.9 Å². The molecule has 96 valence electrons. The Morgan fingerprint density at radius 1 is 1.28 bits per heavy atom. The number of aliphatic hydroxyl groups excluding tert-OH is 1. The normalized spacial score (nSPS) is 14.9. The van der Waals surface area contributed by atoms with Crippen molar-refractivity contribution < 1.29 is 19.8 Å². The van der Waals surface area contributed by atoms with Crippen LogP contribution in [0.4, 0.5) is 0 Å². The smallest absolute Gasteiger partial charge is 0.328 e. The van der Waals surface area contributed by atoms with Crippen LogP contribution in [0.5, 0.6) is 0 Å². The quantitative estimate of drug-likeness (QED) is 0.718. The van der Waals surface area contributed by atoms with Crippen molar-refractivity contribution in [3.8, 4) is 0 Å². The zero-order chi connectivity index (χ0) is 13.1. The number of benzene rings is 1. The van der Waals surface area contributed by atoms with Crippen LogP contribution in [0, 0.1) is 0 Å². The van der Waals surface area contributed by atoms with Gasteiger partial charge in [-0.05, 0) is 42.5 Å². The van der Waals surface area contributed by atoms with Gasteiger partial charge in [-0.1, -0.05) is 6.07 Å². The van der Waals surface area contributed by atoms with E-state index in [1.807, 2.05) is 6.07 Å². The molecule has 0 spiro atoms. The first kappa shape index (κ1) is 12.6. The summed E-state index contributed by atoms with van der Waals surface area (Å²) in [5.41, 5.74) is 2.84. The van der Waals surface area contributed by atoms with Gasteiger partial charge in [0.2, 0.25) is 0 Å². The highest BCUT2D eigenvalue weighted by Crippen LogP contribution is 2.22. The molecule has 0 aliphatic heterocycles. The number of carbonyl (C=O) groups is 2. The molecule has 1 atom stereocenters. The lowest BCUT2D eigenvalue weighted by atomic mass is 10.1. The largest absolute Gasteiger partial charge is 0.480 e. The van der Waals surface area contributed by atoms with Crippen LogP contribution >= 0.6 is 0 Å². The van der Waals surface area contributed by atoms with Gasteiger partial charge in [0.15, 0.2) is 6.04 Å². The summed E-state index contributed by atoms with van der Waals surface area (Å²) in [6, 6.07) is 4.14. The van der Waals surface area contributed by atoms with Crippen molar-refractivity contribution in [2.75, 3.05) is 6.61 Å². The second-order valence-electron chi connectivity index (χ2n) is 4.38. The fraction of sp³-hybridized carbons (Fsp3) is 0.385. The summed E-state index contributed by atoms with van der Waals surface area (Å²) in [6.45, 7) is -0.619. The lowest BCUT2D eigenvalue weighted by molar-refractivity contribution is -0.140. The van der Waals surface area contributed by atoms with Crippen molar-refractivity contribution in [3.63, 3.8) is 0 Å². The predicted molar refractivity (Wildman–Crippen MR) is 64.4 cm³/mol. The summed E-state index contributed by atoms with van der Waals surface area (Å²) in [5.74, 6) is -1.71. The minimum absolute atomic E-state index is 0.440. The highest BCUT2D eigenvalue weighted by atomic mass is 16.4. The number of amides is 1. The Balaban J connectivity index is 2.12. The minimum atomic E-state index is -1.26. The number of aryl methyl sites for hydroxylation is 2. The number of hydrogen-bond donors (Lipinski definition) is 3. The molecule has 1 aromatic rings. The molecule has 2 rings (SSSR count). The third kappa shape index (κ3) is 2.51. The number of fused-ring (bicyclic) bond motifs is 1. The van der Waals surface area contributed by atoms with Crippen molar-refractivity contribution in [2.24, 2.45) is 0 Å². The fourth-order valence-electron chi connectivity index (χ4n) is 2.14. The number of carbonyl (C=O) groups excluding carboxylic acids is 1. The molecular weight excluding hydrogens is 234 g/mol. The maximum atomic E-state index is 11.8. The van der Waals surface area contributed by atoms with Crippen LogP contribution in [0.3, 0.4) is 0 Å². The Morgan fingerprint density at radius 3 is 2.67 bits per heavy atom. The van der Waals surface area contributed by atoms with Crippen LogP contribution in [-0.2, 0) is 17.6 Å². The van der Waals surface area contributed by atoms with Gasteiger partial charge >= 0.3 is 5.97 Å². The molecule has 0 bridgehead atoms. The van der Waals surface area contributed by atoms with E-state index in [1.54, 1.807) is 12.1 Å². The number of carboxylic acids is 1. The molecule has 0 saturated heterocycles. The van der Waals surface area contributed by atoms with Crippen molar-refractivity contribution in [1.82, 2.24) is 5.32 Å². The number of nitrogens with one attached hydrogen (secondary N) is 1. The number of hydrogen-bond acceptors (Lipinski definition) is 3. The van der Waals surface area contributed by atoms with E-state index in [-0.39, 0.29) is 0 Å². The second kappa shape index (κ2) is 5.18. The van der Waals surface area contributed by atoms with E-state index in [4.69, 9.17) is 10.2 Å². The third-order valence-corrected chi connectivity index (χ3v) is 3.15. The molecule has 5 nitrogen and oxygen atoms in total. The Hall–Kier alpha value is -1.88. The summed E-state index contributed by atoms with van der Waals surface area (Å²) in [7, 11) is 0. The standard InChI is InChI=1S/C13H15NO4/c15-7-11(13(17)18)14-12(16)10-5-4-8-2-1-3-9(8)6-10/h4-6,11,15H,1-3,7H2,(H,14,16)(H,17,18). The van der Waals surface area contributed by atoms with Gasteiger partial charge in [0, 0.05) is 5.56 Å². The lowest BCUT2D eigenvalue weighted by Gasteiger charge is -2.12. The SMILES string of the molecule is O=C(NC(CO)C(=O)O)c1ccc2c(c1)CCC2. The zero-order valence-electron chi connectivity index (χ0n) is 9.85. The highest BCUT2D eigenvalue weighted by molar-refractivity contribution is 5.96. The Morgan fingerprint density at radius 2 is 2.00 bits per heavy atom. The van der Waals surface area contributed by atoms with Gasteiger partial charge in [0.25, 0.3) is 5.91 Å². The number of aliphatic hydroxyl groups is 1. The summed E-state index contributed by atoms with van der Waals surface area (Å²) in [6.07, 6.45) is 3.08. The van der Waals surface area contributed by atoms with E-state index in [2.05, 4.69) is 5.32 Å². The van der Waals surface area contributed by atoms with Gasteiger partial charge in [-0.25, -0.2) is 4.79 Å². The first-order valence-electron chi connectivity index (χ1n) is 5.88. The van der Waals surface area contributed by atoms with Crippen LogP contribution in [0.2, 0.25) is 0 Å². The van der Waals surface area contributed by atoms with Gasteiger partial charge in [0.1, 0.15) is 0 Å². The maximum Gasteiger partial charge on any atom is 0.328 e. The van der Waals surface area contributed by atoms with E-state index in [0.717, 1.165) is 24.8 Å². The molecule has 0 fully saturated rings. The minimum Gasteiger partial charge on any atom is -0.480 e. The Kier molecular flexibility index (Phi) is 3.62. The molecule has 18 heavy (non-hydrogen) atoms. The molecule has 1 unspecified atom stereocenters. The molecule has 3 N–H and O–H groups in total. The average Bonchev–Trinajstić information content (AvgIpc) is 2.82. The first-order valence-corrected chi connectivity index (χ1v) is 5.88. The number of aliphatic carboxylic acids is 1. The maximum absolute atomic E-state index is 11.8. The summed E-state index contributed by atoms with van der Waals surface area (Å²) in [4.78, 5) is 22.5. The van der Waals surface area contributed by atoms with Gasteiger partial charge < -0.3 is 15.5 Å². The molecule has 1 aliphatic rings.